The van der Waals surface area contributed by atoms with Crippen LogP contribution in [-0.2, 0) is 11.2 Å². The Morgan fingerprint density at radius 3 is 3.04 bits per heavy atom. The van der Waals surface area contributed by atoms with Gasteiger partial charge in [0.05, 0.1) is 23.5 Å². The topological polar surface area (TPSA) is 124 Å². The number of benzene rings is 1. The number of hydrazone groups is 1. The number of nitrogens with one attached hydrogen (secondary N) is 1. The van der Waals surface area contributed by atoms with Crippen LogP contribution in [0.15, 0.2) is 41.1 Å². The quantitative estimate of drug-likeness (QED) is 0.522. The summed E-state index contributed by atoms with van der Waals surface area (Å²) in [6, 6.07) is 7.51. The normalized spacial score (nSPS) is 11.5. The van der Waals surface area contributed by atoms with Crippen LogP contribution < -0.4 is 11.2 Å². The van der Waals surface area contributed by atoms with Crippen LogP contribution in [0, 0.1) is 0 Å². The standard InChI is InChI=1S/C14H14N8OS/c1-9(18-19-13(23)6-11-7-24-14(15)17-11)10-3-2-4-12(5-10)22-8-16-20-21-22/h2-5,7-8H,6H2,1H3,(H2,15,17)(H,19,23)/b18-9+. The molecule has 2 aromatic heterocycles. The molecule has 10 heteroatoms. The largest absolute Gasteiger partial charge is 0.375 e. The van der Waals surface area contributed by atoms with E-state index < -0.39 is 0 Å². The number of amides is 1. The molecule has 0 spiro atoms. The molecular formula is C14H14N8OS. The smallest absolute Gasteiger partial charge is 0.246 e. The van der Waals surface area contributed by atoms with Crippen molar-refractivity contribution in [2.45, 2.75) is 13.3 Å². The Balaban J connectivity index is 1.67. The maximum absolute atomic E-state index is 11.9. The van der Waals surface area contributed by atoms with Crippen molar-refractivity contribution in [2.75, 3.05) is 5.73 Å². The minimum absolute atomic E-state index is 0.134. The average molecular weight is 342 g/mol. The summed E-state index contributed by atoms with van der Waals surface area (Å²) in [6.07, 6.45) is 1.64. The highest BCUT2D eigenvalue weighted by Crippen LogP contribution is 2.12. The number of aromatic nitrogens is 5. The number of tetrazole rings is 1. The van der Waals surface area contributed by atoms with E-state index in [2.05, 4.69) is 31.0 Å². The first-order valence-electron chi connectivity index (χ1n) is 6.98. The first kappa shape index (κ1) is 15.7. The van der Waals surface area contributed by atoms with Crippen LogP contribution in [0.4, 0.5) is 5.13 Å². The van der Waals surface area contributed by atoms with Gasteiger partial charge in [0.25, 0.3) is 0 Å². The van der Waals surface area contributed by atoms with Gasteiger partial charge in [-0.1, -0.05) is 12.1 Å². The maximum atomic E-state index is 11.9. The van der Waals surface area contributed by atoms with E-state index in [0.717, 1.165) is 11.3 Å². The number of carbonyl (C=O) groups is 1. The molecule has 3 rings (SSSR count). The summed E-state index contributed by atoms with van der Waals surface area (Å²) in [7, 11) is 0. The third-order valence-corrected chi connectivity index (χ3v) is 3.86. The molecule has 0 bridgehead atoms. The van der Waals surface area contributed by atoms with E-state index in [1.165, 1.54) is 17.7 Å². The summed E-state index contributed by atoms with van der Waals surface area (Å²) >= 11 is 1.30. The fourth-order valence-electron chi connectivity index (χ4n) is 1.97. The maximum Gasteiger partial charge on any atom is 0.246 e. The van der Waals surface area contributed by atoms with Crippen molar-refractivity contribution in [1.29, 1.82) is 0 Å². The zero-order chi connectivity index (χ0) is 16.9. The minimum Gasteiger partial charge on any atom is -0.375 e. The highest BCUT2D eigenvalue weighted by molar-refractivity contribution is 7.13. The number of nitrogen functional groups attached to an aromatic ring is 1. The molecule has 3 aromatic rings. The van der Waals surface area contributed by atoms with Crippen LogP contribution in [0.1, 0.15) is 18.2 Å². The van der Waals surface area contributed by atoms with Crippen LogP contribution in [-0.4, -0.2) is 36.8 Å². The predicted octanol–water partition coefficient (Wildman–Crippen LogP) is 0.784. The van der Waals surface area contributed by atoms with Gasteiger partial charge in [-0.2, -0.15) is 5.10 Å². The first-order valence-corrected chi connectivity index (χ1v) is 7.86. The van der Waals surface area contributed by atoms with Crippen molar-refractivity contribution in [3.63, 3.8) is 0 Å². The Kier molecular flexibility index (Phi) is 4.57. The number of nitrogens with two attached hydrogens (primary N) is 1. The molecule has 0 atom stereocenters. The fraction of sp³-hybridized carbons (Fsp3) is 0.143. The van der Waals surface area contributed by atoms with E-state index in [4.69, 9.17) is 5.73 Å². The lowest BCUT2D eigenvalue weighted by Crippen LogP contribution is -2.21. The zero-order valence-corrected chi connectivity index (χ0v) is 13.6. The minimum atomic E-state index is -0.253. The van der Waals surface area contributed by atoms with E-state index in [9.17, 15) is 4.79 Å². The number of rotatable bonds is 5. The highest BCUT2D eigenvalue weighted by Gasteiger charge is 2.07. The van der Waals surface area contributed by atoms with Crippen LogP contribution in [0.5, 0.6) is 0 Å². The SMILES string of the molecule is C/C(=N\NC(=O)Cc1csc(N)n1)c1cccc(-n2cnnn2)c1. The van der Waals surface area contributed by atoms with E-state index in [1.807, 2.05) is 24.3 Å². The lowest BCUT2D eigenvalue weighted by molar-refractivity contribution is -0.120. The van der Waals surface area contributed by atoms with Crippen LogP contribution in [0.25, 0.3) is 5.69 Å². The van der Waals surface area contributed by atoms with Crippen molar-refractivity contribution in [2.24, 2.45) is 5.10 Å². The Morgan fingerprint density at radius 2 is 2.33 bits per heavy atom. The lowest BCUT2D eigenvalue weighted by atomic mass is 10.1. The third kappa shape index (κ3) is 3.79. The van der Waals surface area contributed by atoms with Gasteiger partial charge in [0.15, 0.2) is 5.13 Å². The first-order chi connectivity index (χ1) is 11.6. The second-order valence-corrected chi connectivity index (χ2v) is 5.78. The van der Waals surface area contributed by atoms with Crippen molar-refractivity contribution >= 4 is 28.1 Å². The van der Waals surface area contributed by atoms with Crippen molar-refractivity contribution in [3.05, 3.63) is 47.2 Å². The summed E-state index contributed by atoms with van der Waals surface area (Å²) in [4.78, 5) is 15.9. The molecular weight excluding hydrogens is 328 g/mol. The molecule has 1 amide bonds. The summed E-state index contributed by atoms with van der Waals surface area (Å²) in [6.45, 7) is 1.81. The van der Waals surface area contributed by atoms with Gasteiger partial charge in [-0.25, -0.2) is 15.1 Å². The number of nitrogens with zero attached hydrogens (tertiary/aromatic N) is 6. The molecule has 0 saturated carbocycles. The second kappa shape index (κ2) is 6.96. The van der Waals surface area contributed by atoms with Gasteiger partial charge < -0.3 is 5.73 Å². The molecule has 0 aliphatic carbocycles. The van der Waals surface area contributed by atoms with Crippen molar-refractivity contribution < 1.29 is 4.79 Å². The molecule has 0 unspecified atom stereocenters. The third-order valence-electron chi connectivity index (χ3n) is 3.14. The molecule has 0 aliphatic heterocycles. The van der Waals surface area contributed by atoms with Crippen molar-refractivity contribution in [3.8, 4) is 5.69 Å². The lowest BCUT2D eigenvalue weighted by Gasteiger charge is -2.05. The van der Waals surface area contributed by atoms with E-state index in [0.29, 0.717) is 16.5 Å². The molecule has 0 fully saturated rings. The van der Waals surface area contributed by atoms with E-state index >= 15 is 0 Å². The number of hydrogen-bond donors (Lipinski definition) is 2. The van der Waals surface area contributed by atoms with Crippen LogP contribution in [0.2, 0.25) is 0 Å². The molecule has 0 aliphatic rings. The second-order valence-electron chi connectivity index (χ2n) is 4.89. The number of hydrogen-bond acceptors (Lipinski definition) is 8. The van der Waals surface area contributed by atoms with Gasteiger partial charge in [0.1, 0.15) is 6.33 Å². The van der Waals surface area contributed by atoms with Gasteiger partial charge >= 0.3 is 0 Å². The summed E-state index contributed by atoms with van der Waals surface area (Å²) in [5.74, 6) is -0.253. The molecule has 0 radical (unpaired) electrons. The molecule has 122 valence electrons. The van der Waals surface area contributed by atoms with Gasteiger partial charge in [-0.15, -0.1) is 16.4 Å². The fourth-order valence-corrected chi connectivity index (χ4v) is 2.53. The average Bonchev–Trinajstić information content (AvgIpc) is 3.25. The van der Waals surface area contributed by atoms with E-state index in [-0.39, 0.29) is 12.3 Å². The van der Waals surface area contributed by atoms with Gasteiger partial charge in [0, 0.05) is 5.38 Å². The predicted molar refractivity (Wildman–Crippen MR) is 89.7 cm³/mol. The van der Waals surface area contributed by atoms with Gasteiger partial charge in [-0.3, -0.25) is 4.79 Å². The van der Waals surface area contributed by atoms with Crippen molar-refractivity contribution in [1.82, 2.24) is 30.6 Å². The monoisotopic (exact) mass is 342 g/mol. The molecule has 2 heterocycles. The highest BCUT2D eigenvalue weighted by atomic mass is 32.1. The Bertz CT molecular complexity index is 871. The number of carbonyl (C=O) groups excluding carboxylic acids is 1. The molecule has 24 heavy (non-hydrogen) atoms. The van der Waals surface area contributed by atoms with E-state index in [1.54, 1.807) is 17.0 Å². The Hall–Kier alpha value is -3.14. The molecule has 3 N–H and O–H groups in total. The summed E-state index contributed by atoms with van der Waals surface area (Å²) < 4.78 is 1.54. The summed E-state index contributed by atoms with van der Waals surface area (Å²) in [5, 5.41) is 17.4. The summed E-state index contributed by atoms with van der Waals surface area (Å²) in [5.41, 5.74) is 11.0. The number of thiazole rings is 1. The molecule has 9 nitrogen and oxygen atoms in total. The van der Waals surface area contributed by atoms with Gasteiger partial charge in [-0.05, 0) is 35.0 Å². The molecule has 0 saturated heterocycles. The Morgan fingerprint density at radius 1 is 1.46 bits per heavy atom. The van der Waals surface area contributed by atoms with Crippen LogP contribution >= 0.6 is 11.3 Å². The Labute approximate surface area is 141 Å². The number of anilines is 1. The van der Waals surface area contributed by atoms with Crippen LogP contribution in [0.3, 0.4) is 0 Å². The molecule has 1 aromatic carbocycles. The van der Waals surface area contributed by atoms with Gasteiger partial charge in [0.2, 0.25) is 5.91 Å². The zero-order valence-electron chi connectivity index (χ0n) is 12.7.